The Morgan fingerprint density at radius 3 is 2.46 bits per heavy atom. The molecule has 4 nitrogen and oxygen atoms in total. The Kier molecular flexibility index (Phi) is 6.37. The number of hydrogen-bond donors (Lipinski definition) is 2. The SMILES string of the molecule is CC(C)(C)[C@@H]1CCc2c(sc(NC(=O)CCl)c2C(=O)Nc2ccc(Cl)cc2)C1. The predicted molar refractivity (Wildman–Crippen MR) is 118 cm³/mol. The number of alkyl halides is 1. The Balaban J connectivity index is 1.94. The average Bonchev–Trinajstić information content (AvgIpc) is 2.99. The van der Waals surface area contributed by atoms with E-state index >= 15 is 0 Å². The summed E-state index contributed by atoms with van der Waals surface area (Å²) in [5.74, 6) is -0.139. The molecule has 2 aromatic rings. The van der Waals surface area contributed by atoms with Gasteiger partial charge in [-0.25, -0.2) is 0 Å². The van der Waals surface area contributed by atoms with Gasteiger partial charge in [-0.1, -0.05) is 32.4 Å². The number of carbonyl (C=O) groups excluding carboxylic acids is 2. The van der Waals surface area contributed by atoms with Crippen molar-refractivity contribution >= 4 is 57.0 Å². The van der Waals surface area contributed by atoms with Crippen LogP contribution in [0.1, 0.15) is 48.0 Å². The lowest BCUT2D eigenvalue weighted by Gasteiger charge is -2.33. The summed E-state index contributed by atoms with van der Waals surface area (Å²) in [7, 11) is 0. The Hall–Kier alpha value is -1.56. The van der Waals surface area contributed by atoms with Crippen LogP contribution in [0, 0.1) is 11.3 Å². The van der Waals surface area contributed by atoms with Gasteiger partial charge >= 0.3 is 0 Å². The number of fused-ring (bicyclic) bond motifs is 1. The highest BCUT2D eigenvalue weighted by Gasteiger charge is 2.34. The van der Waals surface area contributed by atoms with Gasteiger partial charge in [-0.05, 0) is 60.4 Å². The van der Waals surface area contributed by atoms with Gasteiger partial charge in [-0.3, -0.25) is 9.59 Å². The molecule has 1 aromatic carbocycles. The van der Waals surface area contributed by atoms with Gasteiger partial charge < -0.3 is 10.6 Å². The smallest absolute Gasteiger partial charge is 0.258 e. The number of rotatable bonds is 4. The fraction of sp³-hybridized carbons (Fsp3) is 0.429. The highest BCUT2D eigenvalue weighted by Crippen LogP contribution is 2.44. The van der Waals surface area contributed by atoms with Crippen molar-refractivity contribution in [2.75, 3.05) is 16.5 Å². The Labute approximate surface area is 179 Å². The first kappa shape index (κ1) is 21.2. The van der Waals surface area contributed by atoms with Crippen LogP contribution in [0.3, 0.4) is 0 Å². The second kappa shape index (κ2) is 8.44. The van der Waals surface area contributed by atoms with Crippen molar-refractivity contribution in [3.63, 3.8) is 0 Å². The van der Waals surface area contributed by atoms with E-state index in [1.807, 2.05) is 0 Å². The molecule has 3 rings (SSSR count). The molecule has 0 bridgehead atoms. The molecule has 1 aliphatic rings. The summed E-state index contributed by atoms with van der Waals surface area (Å²) in [6, 6.07) is 6.96. The number of hydrogen-bond acceptors (Lipinski definition) is 3. The van der Waals surface area contributed by atoms with Crippen molar-refractivity contribution < 1.29 is 9.59 Å². The van der Waals surface area contributed by atoms with Crippen molar-refractivity contribution in [3.8, 4) is 0 Å². The van der Waals surface area contributed by atoms with E-state index in [0.29, 0.717) is 27.2 Å². The topological polar surface area (TPSA) is 58.2 Å². The van der Waals surface area contributed by atoms with E-state index in [4.69, 9.17) is 23.2 Å². The lowest BCUT2D eigenvalue weighted by molar-refractivity contribution is -0.113. The first-order valence-corrected chi connectivity index (χ1v) is 11.0. The molecule has 2 amide bonds. The molecule has 0 fully saturated rings. The fourth-order valence-corrected chi connectivity index (χ4v) is 5.07. The second-order valence-corrected chi connectivity index (χ2v) is 9.97. The highest BCUT2D eigenvalue weighted by molar-refractivity contribution is 7.17. The molecule has 0 saturated heterocycles. The molecule has 150 valence electrons. The molecule has 28 heavy (non-hydrogen) atoms. The Morgan fingerprint density at radius 2 is 1.86 bits per heavy atom. The van der Waals surface area contributed by atoms with Gasteiger partial charge in [-0.15, -0.1) is 22.9 Å². The van der Waals surface area contributed by atoms with Crippen molar-refractivity contribution in [1.82, 2.24) is 0 Å². The van der Waals surface area contributed by atoms with Crippen LogP contribution >= 0.6 is 34.5 Å². The molecule has 1 atom stereocenters. The molecule has 1 aliphatic carbocycles. The summed E-state index contributed by atoms with van der Waals surface area (Å²) in [6.07, 6.45) is 2.77. The van der Waals surface area contributed by atoms with Crippen molar-refractivity contribution in [2.24, 2.45) is 11.3 Å². The van der Waals surface area contributed by atoms with Crippen LogP contribution in [0.5, 0.6) is 0 Å². The van der Waals surface area contributed by atoms with Crippen LogP contribution in [0.4, 0.5) is 10.7 Å². The number of nitrogens with one attached hydrogen (secondary N) is 2. The van der Waals surface area contributed by atoms with Gasteiger partial charge in [0.1, 0.15) is 10.9 Å². The van der Waals surface area contributed by atoms with Gasteiger partial charge in [-0.2, -0.15) is 0 Å². The minimum Gasteiger partial charge on any atom is -0.322 e. The lowest BCUT2D eigenvalue weighted by Crippen LogP contribution is -2.27. The van der Waals surface area contributed by atoms with E-state index in [2.05, 4.69) is 31.4 Å². The van der Waals surface area contributed by atoms with Crippen LogP contribution in [-0.2, 0) is 17.6 Å². The molecular weight excluding hydrogens is 415 g/mol. The van der Waals surface area contributed by atoms with E-state index in [9.17, 15) is 9.59 Å². The van der Waals surface area contributed by atoms with E-state index in [1.54, 1.807) is 24.3 Å². The molecule has 0 unspecified atom stereocenters. The standard InChI is InChI=1S/C21H24Cl2N2O2S/c1-21(2,3)12-4-9-15-16(10-12)28-20(25-17(26)11-22)18(15)19(27)24-14-7-5-13(23)6-8-14/h5-8,12H,4,9-11H2,1-3H3,(H,24,27)(H,25,26)/t12-/m1/s1. The van der Waals surface area contributed by atoms with Crippen LogP contribution in [-0.4, -0.2) is 17.7 Å². The zero-order chi connectivity index (χ0) is 20.5. The molecular formula is C21H24Cl2N2O2S. The monoisotopic (exact) mass is 438 g/mol. The number of benzene rings is 1. The van der Waals surface area contributed by atoms with E-state index in [-0.39, 0.29) is 23.1 Å². The summed E-state index contributed by atoms with van der Waals surface area (Å²) in [6.45, 7) is 6.75. The molecule has 0 spiro atoms. The maximum absolute atomic E-state index is 13.1. The van der Waals surface area contributed by atoms with Gasteiger partial charge in [0, 0.05) is 15.6 Å². The third-order valence-electron chi connectivity index (χ3n) is 5.19. The molecule has 1 heterocycles. The van der Waals surface area contributed by atoms with Gasteiger partial charge in [0.2, 0.25) is 5.91 Å². The maximum Gasteiger partial charge on any atom is 0.258 e. The van der Waals surface area contributed by atoms with Crippen molar-refractivity contribution in [2.45, 2.75) is 40.0 Å². The minimum absolute atomic E-state index is 0.147. The van der Waals surface area contributed by atoms with Crippen molar-refractivity contribution in [1.29, 1.82) is 0 Å². The highest BCUT2D eigenvalue weighted by atomic mass is 35.5. The van der Waals surface area contributed by atoms with Crippen LogP contribution < -0.4 is 10.6 Å². The van der Waals surface area contributed by atoms with Gasteiger partial charge in [0.15, 0.2) is 0 Å². The largest absolute Gasteiger partial charge is 0.322 e. The normalized spacial score (nSPS) is 16.4. The summed E-state index contributed by atoms with van der Waals surface area (Å²) >= 11 is 13.1. The average molecular weight is 439 g/mol. The number of anilines is 2. The number of halogens is 2. The molecule has 2 N–H and O–H groups in total. The maximum atomic E-state index is 13.1. The summed E-state index contributed by atoms with van der Waals surface area (Å²) in [5, 5.41) is 6.92. The third kappa shape index (κ3) is 4.70. The third-order valence-corrected chi connectivity index (χ3v) is 6.86. The van der Waals surface area contributed by atoms with Crippen LogP contribution in [0.2, 0.25) is 5.02 Å². The van der Waals surface area contributed by atoms with Crippen LogP contribution in [0.15, 0.2) is 24.3 Å². The summed E-state index contributed by atoms with van der Waals surface area (Å²) in [5.41, 5.74) is 2.46. The molecule has 0 saturated carbocycles. The first-order valence-electron chi connectivity index (χ1n) is 9.26. The van der Waals surface area contributed by atoms with Gasteiger partial charge in [0.25, 0.3) is 5.91 Å². The summed E-state index contributed by atoms with van der Waals surface area (Å²) < 4.78 is 0. The molecule has 0 aliphatic heterocycles. The van der Waals surface area contributed by atoms with Crippen LogP contribution in [0.25, 0.3) is 0 Å². The first-order chi connectivity index (χ1) is 13.2. The second-order valence-electron chi connectivity index (χ2n) is 8.16. The minimum atomic E-state index is -0.312. The van der Waals surface area contributed by atoms with Gasteiger partial charge in [0.05, 0.1) is 5.56 Å². The Morgan fingerprint density at radius 1 is 1.18 bits per heavy atom. The number of carbonyl (C=O) groups is 2. The number of amides is 2. The fourth-order valence-electron chi connectivity index (χ4n) is 3.54. The predicted octanol–water partition coefficient (Wildman–Crippen LogP) is 5.98. The van der Waals surface area contributed by atoms with E-state index in [0.717, 1.165) is 24.8 Å². The quantitative estimate of drug-likeness (QED) is 0.576. The zero-order valence-corrected chi connectivity index (χ0v) is 18.5. The molecule has 7 heteroatoms. The zero-order valence-electron chi connectivity index (χ0n) is 16.2. The molecule has 0 radical (unpaired) electrons. The Bertz CT molecular complexity index is 885. The van der Waals surface area contributed by atoms with E-state index in [1.165, 1.54) is 16.2 Å². The molecule has 1 aromatic heterocycles. The number of thiophene rings is 1. The van der Waals surface area contributed by atoms with Crippen molar-refractivity contribution in [3.05, 3.63) is 45.3 Å². The summed E-state index contributed by atoms with van der Waals surface area (Å²) in [4.78, 5) is 26.2. The van der Waals surface area contributed by atoms with E-state index < -0.39 is 0 Å². The lowest BCUT2D eigenvalue weighted by atomic mass is 9.72.